The Morgan fingerprint density at radius 2 is 1.54 bits per heavy atom. The second kappa shape index (κ2) is 13.4. The first-order valence-corrected chi connectivity index (χ1v) is 12.7. The van der Waals surface area contributed by atoms with Gasteiger partial charge in [-0.15, -0.1) is 0 Å². The van der Waals surface area contributed by atoms with E-state index in [4.69, 9.17) is 9.15 Å². The minimum absolute atomic E-state index is 0.0648. The number of fused-ring (bicyclic) bond motifs is 2. The molecule has 4 amide bonds. The lowest BCUT2D eigenvalue weighted by molar-refractivity contribution is -0.122. The number of rotatable bonds is 12. The largest absolute Gasteiger partial charge is 0.456 e. The van der Waals surface area contributed by atoms with E-state index in [0.29, 0.717) is 53.5 Å². The summed E-state index contributed by atoms with van der Waals surface area (Å²) in [6.07, 6.45) is 0.727. The second-order valence-electron chi connectivity index (χ2n) is 9.89. The molecule has 208 valence electrons. The number of hydrogen-bond acceptors (Lipinski definition) is 7. The van der Waals surface area contributed by atoms with Gasteiger partial charge in [-0.25, -0.2) is 4.79 Å². The number of alkyl carbamates (subject to hydrolysis) is 1. The summed E-state index contributed by atoms with van der Waals surface area (Å²) in [6.45, 7) is 6.18. The molecule has 39 heavy (non-hydrogen) atoms. The zero-order valence-corrected chi connectivity index (χ0v) is 22.4. The number of benzene rings is 2. The van der Waals surface area contributed by atoms with Gasteiger partial charge in [-0.1, -0.05) is 12.1 Å². The number of nitrogens with one attached hydrogen (secondary N) is 3. The number of para-hydroxylation sites is 1. The van der Waals surface area contributed by atoms with Gasteiger partial charge in [0.2, 0.25) is 23.7 Å². The van der Waals surface area contributed by atoms with Gasteiger partial charge in [0.15, 0.2) is 0 Å². The predicted molar refractivity (Wildman–Crippen MR) is 148 cm³/mol. The summed E-state index contributed by atoms with van der Waals surface area (Å²) in [4.78, 5) is 61.6. The van der Waals surface area contributed by atoms with Crippen molar-refractivity contribution in [2.75, 3.05) is 31.1 Å². The molecular weight excluding hydrogens is 504 g/mol. The average molecular weight is 539 g/mol. The molecule has 2 aromatic carbocycles. The maximum atomic E-state index is 12.9. The van der Waals surface area contributed by atoms with Crippen LogP contribution in [0, 0.1) is 0 Å². The second-order valence-corrected chi connectivity index (χ2v) is 9.89. The van der Waals surface area contributed by atoms with Crippen LogP contribution < -0.4 is 26.3 Å². The number of anilines is 1. The Kier molecular flexibility index (Phi) is 10.0. The summed E-state index contributed by atoms with van der Waals surface area (Å²) >= 11 is 0. The fourth-order valence-electron chi connectivity index (χ4n) is 3.77. The van der Waals surface area contributed by atoms with Crippen LogP contribution in [-0.2, 0) is 19.1 Å². The number of carbonyl (C=O) groups excluding carboxylic acids is 4. The Morgan fingerprint density at radius 3 is 2.23 bits per heavy atom. The zero-order chi connectivity index (χ0) is 28.4. The molecule has 0 unspecified atom stereocenters. The third kappa shape index (κ3) is 8.84. The van der Waals surface area contributed by atoms with E-state index in [-0.39, 0.29) is 43.2 Å². The van der Waals surface area contributed by atoms with E-state index in [2.05, 4.69) is 16.0 Å². The van der Waals surface area contributed by atoms with Crippen LogP contribution in [0.2, 0.25) is 0 Å². The minimum atomic E-state index is -0.615. The fraction of sp³-hybridized carbons (Fsp3) is 0.393. The van der Waals surface area contributed by atoms with Crippen LogP contribution in [0.1, 0.15) is 40.0 Å². The Hall–Kier alpha value is -4.41. The number of ether oxygens (including phenoxy) is 1. The smallest absolute Gasteiger partial charge is 0.407 e. The third-order valence-electron chi connectivity index (χ3n) is 5.61. The van der Waals surface area contributed by atoms with Crippen molar-refractivity contribution in [2.24, 2.45) is 0 Å². The molecule has 0 aliphatic rings. The van der Waals surface area contributed by atoms with Gasteiger partial charge in [-0.2, -0.15) is 0 Å². The topological polar surface area (TPSA) is 147 Å². The normalized spacial score (nSPS) is 11.2. The van der Waals surface area contributed by atoms with Gasteiger partial charge >= 0.3 is 6.09 Å². The van der Waals surface area contributed by atoms with Crippen LogP contribution in [0.5, 0.6) is 0 Å². The SMILES string of the molecule is CC(C)(C)OC(=O)NCCC(=O)NCCC(=O)NCCCN(C=O)c1ccc2oc3ccccc3c(=O)c2c1. The maximum absolute atomic E-state index is 12.9. The van der Waals surface area contributed by atoms with Crippen molar-refractivity contribution in [2.45, 2.75) is 45.6 Å². The molecule has 3 aromatic rings. The number of nitrogens with zero attached hydrogens (tertiary/aromatic N) is 1. The molecule has 0 saturated heterocycles. The first-order valence-electron chi connectivity index (χ1n) is 12.7. The van der Waals surface area contributed by atoms with Crippen molar-refractivity contribution in [3.63, 3.8) is 0 Å². The lowest BCUT2D eigenvalue weighted by Gasteiger charge is -2.19. The molecule has 0 saturated carbocycles. The van der Waals surface area contributed by atoms with Crippen molar-refractivity contribution in [1.82, 2.24) is 16.0 Å². The van der Waals surface area contributed by atoms with E-state index in [1.165, 1.54) is 4.90 Å². The molecule has 11 heteroatoms. The van der Waals surface area contributed by atoms with Gasteiger partial charge in [-0.3, -0.25) is 19.2 Å². The van der Waals surface area contributed by atoms with Crippen LogP contribution in [0.15, 0.2) is 51.7 Å². The first-order chi connectivity index (χ1) is 18.6. The monoisotopic (exact) mass is 538 g/mol. The van der Waals surface area contributed by atoms with Crippen molar-refractivity contribution in [3.8, 4) is 0 Å². The molecular formula is C28H34N4O7. The highest BCUT2D eigenvalue weighted by molar-refractivity contribution is 5.92. The molecule has 3 rings (SSSR count). The predicted octanol–water partition coefficient (Wildman–Crippen LogP) is 2.84. The average Bonchev–Trinajstić information content (AvgIpc) is 2.88. The highest BCUT2D eigenvalue weighted by atomic mass is 16.6. The summed E-state index contributed by atoms with van der Waals surface area (Å²) in [5, 5.41) is 8.73. The van der Waals surface area contributed by atoms with Gasteiger partial charge in [0.1, 0.15) is 16.8 Å². The Balaban J connectivity index is 1.38. The van der Waals surface area contributed by atoms with E-state index < -0.39 is 11.7 Å². The van der Waals surface area contributed by atoms with E-state index in [1.807, 2.05) is 0 Å². The highest BCUT2D eigenvalue weighted by Gasteiger charge is 2.16. The van der Waals surface area contributed by atoms with Gasteiger partial charge in [-0.05, 0) is 57.5 Å². The van der Waals surface area contributed by atoms with Gasteiger partial charge in [0, 0.05) is 44.7 Å². The zero-order valence-electron chi connectivity index (χ0n) is 22.4. The lowest BCUT2D eigenvalue weighted by atomic mass is 10.1. The first kappa shape index (κ1) is 29.2. The Bertz CT molecular complexity index is 1390. The van der Waals surface area contributed by atoms with Crippen LogP contribution in [0.3, 0.4) is 0 Å². The van der Waals surface area contributed by atoms with Crippen LogP contribution >= 0.6 is 0 Å². The quantitative estimate of drug-likeness (QED) is 0.182. The molecule has 1 heterocycles. The highest BCUT2D eigenvalue weighted by Crippen LogP contribution is 2.23. The van der Waals surface area contributed by atoms with E-state index in [0.717, 1.165) is 0 Å². The molecule has 1 aromatic heterocycles. The molecule has 0 spiro atoms. The van der Waals surface area contributed by atoms with Crippen LogP contribution in [0.25, 0.3) is 21.9 Å². The van der Waals surface area contributed by atoms with Gasteiger partial charge in [0.25, 0.3) is 0 Å². The fourth-order valence-corrected chi connectivity index (χ4v) is 3.77. The van der Waals surface area contributed by atoms with E-state index >= 15 is 0 Å². The van der Waals surface area contributed by atoms with E-state index in [1.54, 1.807) is 63.2 Å². The number of carbonyl (C=O) groups is 4. The van der Waals surface area contributed by atoms with Crippen molar-refractivity contribution >= 4 is 51.9 Å². The molecule has 0 aliphatic heterocycles. The van der Waals surface area contributed by atoms with Crippen molar-refractivity contribution in [3.05, 3.63) is 52.7 Å². The summed E-state index contributed by atoms with van der Waals surface area (Å²) in [5.41, 5.74) is 0.705. The number of hydrogen-bond donors (Lipinski definition) is 3. The standard InChI is InChI=1S/C28H34N4O7/c1-28(2,3)39-27(37)31-15-12-25(35)30-14-11-24(34)29-13-6-16-32(18-33)19-9-10-23-21(17-19)26(36)20-7-4-5-8-22(20)38-23/h4-5,7-10,17-18H,6,11-16H2,1-3H3,(H,29,34)(H,30,35)(H,31,37). The molecule has 0 aliphatic carbocycles. The third-order valence-corrected chi connectivity index (χ3v) is 5.61. The van der Waals surface area contributed by atoms with Gasteiger partial charge in [0.05, 0.1) is 10.8 Å². The van der Waals surface area contributed by atoms with Crippen molar-refractivity contribution in [1.29, 1.82) is 0 Å². The maximum Gasteiger partial charge on any atom is 0.407 e. The molecule has 3 N–H and O–H groups in total. The van der Waals surface area contributed by atoms with E-state index in [9.17, 15) is 24.0 Å². The molecule has 0 fully saturated rings. The molecule has 11 nitrogen and oxygen atoms in total. The van der Waals surface area contributed by atoms with Crippen molar-refractivity contribution < 1.29 is 28.3 Å². The van der Waals surface area contributed by atoms with Crippen LogP contribution in [-0.4, -0.2) is 56.1 Å². The molecule has 0 radical (unpaired) electrons. The summed E-state index contributed by atoms with van der Waals surface area (Å²) < 4.78 is 10.9. The summed E-state index contributed by atoms with van der Waals surface area (Å²) in [5.74, 6) is -0.534. The van der Waals surface area contributed by atoms with Gasteiger partial charge < -0.3 is 30.0 Å². The minimum Gasteiger partial charge on any atom is -0.456 e. The van der Waals surface area contributed by atoms with Crippen LogP contribution in [0.4, 0.5) is 10.5 Å². The lowest BCUT2D eigenvalue weighted by Crippen LogP contribution is -2.36. The summed E-state index contributed by atoms with van der Waals surface area (Å²) in [6, 6.07) is 12.0. The Labute approximate surface area is 225 Å². The molecule has 0 bridgehead atoms. The Morgan fingerprint density at radius 1 is 0.897 bits per heavy atom. The molecule has 0 atom stereocenters. The number of amides is 4. The summed E-state index contributed by atoms with van der Waals surface area (Å²) in [7, 11) is 0.